The molecule has 2 rings (SSSR count). The quantitative estimate of drug-likeness (QED) is 0.685. The van der Waals surface area contributed by atoms with E-state index in [0.29, 0.717) is 0 Å². The second-order valence-corrected chi connectivity index (χ2v) is 5.79. The van der Waals surface area contributed by atoms with Gasteiger partial charge in [-0.3, -0.25) is 4.79 Å². The molecule has 3 atom stereocenters. The highest BCUT2D eigenvalue weighted by atomic mass is 19.4. The van der Waals surface area contributed by atoms with Crippen LogP contribution in [0.2, 0.25) is 0 Å². The molecule has 3 unspecified atom stereocenters. The van der Waals surface area contributed by atoms with E-state index in [1.807, 2.05) is 0 Å². The summed E-state index contributed by atoms with van der Waals surface area (Å²) in [6, 6.07) is 0. The van der Waals surface area contributed by atoms with Crippen LogP contribution in [0, 0.1) is 18.7 Å². The number of hydrogen-bond acceptors (Lipinski definition) is 3. The van der Waals surface area contributed by atoms with Gasteiger partial charge in [-0.05, 0) is 12.5 Å². The van der Waals surface area contributed by atoms with Crippen molar-refractivity contribution in [3.8, 4) is 0 Å². The van der Waals surface area contributed by atoms with Crippen LogP contribution in [0.25, 0.3) is 0 Å². The molecule has 0 saturated carbocycles. The average Bonchev–Trinajstić information content (AvgIpc) is 2.66. The zero-order valence-corrected chi connectivity index (χ0v) is 12.8. The fraction of sp³-hybridized carbons (Fsp3) is 0.500. The Morgan fingerprint density at radius 2 is 1.37 bits per heavy atom. The molecule has 0 saturated heterocycles. The van der Waals surface area contributed by atoms with Crippen molar-refractivity contribution in [2.45, 2.75) is 37.7 Å². The van der Waals surface area contributed by atoms with E-state index < -0.39 is 76.1 Å². The van der Waals surface area contributed by atoms with E-state index in [0.717, 1.165) is 0 Å². The van der Waals surface area contributed by atoms with Crippen LogP contribution in [0.1, 0.15) is 38.7 Å². The summed E-state index contributed by atoms with van der Waals surface area (Å²) in [5, 5.41) is 19.0. The summed E-state index contributed by atoms with van der Waals surface area (Å²) in [4.78, 5) is 12.0. The van der Waals surface area contributed by atoms with Gasteiger partial charge in [0.25, 0.3) is 0 Å². The summed E-state index contributed by atoms with van der Waals surface area (Å²) in [7, 11) is 0. The Kier molecular flexibility index (Phi) is 4.80. The van der Waals surface area contributed by atoms with Crippen molar-refractivity contribution in [1.82, 2.24) is 0 Å². The molecule has 2 N–H and O–H groups in total. The summed E-state index contributed by atoms with van der Waals surface area (Å²) in [6.45, 7) is 0.208. The van der Waals surface area contributed by atoms with E-state index in [2.05, 4.69) is 0 Å². The fourth-order valence-electron chi connectivity index (χ4n) is 3.11. The van der Waals surface area contributed by atoms with Gasteiger partial charge in [0.1, 0.15) is 5.82 Å². The van der Waals surface area contributed by atoms with Gasteiger partial charge in [-0.15, -0.1) is 0 Å². The third kappa shape index (κ3) is 3.26. The Hall–Kier alpha value is -1.89. The first-order valence-corrected chi connectivity index (χ1v) is 6.89. The maximum Gasteiger partial charge on any atom is 0.419 e. The van der Waals surface area contributed by atoms with E-state index in [9.17, 15) is 53.8 Å². The minimum absolute atomic E-state index is 0.208. The number of hydrogen-bond donors (Lipinski definition) is 2. The number of ketones is 1. The van der Waals surface area contributed by atoms with E-state index in [1.54, 1.807) is 0 Å². The molecule has 0 radical (unpaired) electrons. The number of Topliss-reactive ketones (excluding diaryl/α,β-unsaturated/α-hetero) is 1. The van der Waals surface area contributed by atoms with Crippen LogP contribution in [-0.2, 0) is 12.4 Å². The van der Waals surface area contributed by atoms with Gasteiger partial charge in [-0.2, -0.15) is 39.5 Å². The minimum Gasteiger partial charge on any atom is -0.387 e. The number of carbonyl (C=O) groups is 1. The number of aliphatic hydroxyl groups is 2. The van der Waals surface area contributed by atoms with Crippen LogP contribution in [0.3, 0.4) is 0 Å². The van der Waals surface area contributed by atoms with Crippen molar-refractivity contribution in [1.29, 1.82) is 0 Å². The van der Waals surface area contributed by atoms with Crippen molar-refractivity contribution in [3.05, 3.63) is 33.6 Å². The molecule has 0 fully saturated rings. The largest absolute Gasteiger partial charge is 0.419 e. The Morgan fingerprint density at radius 3 is 1.74 bits per heavy atom. The standard InChI is InChI=1S/C14H8F10O3/c1-2-6(12(16,17)18)3-4(8(15)7(2)13(19,20)21)10(26)5(9(3)25)11(27)14(22,23)24/h5,9,11,25,27H,1H3. The van der Waals surface area contributed by atoms with Crippen molar-refractivity contribution in [3.63, 3.8) is 0 Å². The minimum atomic E-state index is -5.71. The molecular formula is C14H8F10O3. The SMILES string of the molecule is Cc1c(C(F)(F)F)c(F)c2c(c1C(F)(F)F)C(O)C(C(O)C(F)(F)F)C2=O. The predicted octanol–water partition coefficient (Wildman–Crippen LogP) is 3.94. The molecule has 3 nitrogen and oxygen atoms in total. The summed E-state index contributed by atoms with van der Waals surface area (Å²) < 4.78 is 131. The topological polar surface area (TPSA) is 57.5 Å². The predicted molar refractivity (Wildman–Crippen MR) is 66.0 cm³/mol. The van der Waals surface area contributed by atoms with E-state index >= 15 is 0 Å². The summed E-state index contributed by atoms with van der Waals surface area (Å²) in [6.07, 6.45) is -23.7. The number of rotatable bonds is 1. The lowest BCUT2D eigenvalue weighted by atomic mass is 9.90. The third-order valence-electron chi connectivity index (χ3n) is 4.16. The average molecular weight is 414 g/mol. The molecule has 1 aromatic rings. The zero-order chi connectivity index (χ0) is 21.3. The first-order chi connectivity index (χ1) is 11.9. The summed E-state index contributed by atoms with van der Waals surface area (Å²) in [5.74, 6) is -7.79. The molecule has 0 bridgehead atoms. The van der Waals surface area contributed by atoms with E-state index in [1.165, 1.54) is 0 Å². The van der Waals surface area contributed by atoms with Gasteiger partial charge < -0.3 is 10.2 Å². The molecule has 0 heterocycles. The number of alkyl halides is 9. The van der Waals surface area contributed by atoms with Gasteiger partial charge in [0.05, 0.1) is 28.7 Å². The maximum atomic E-state index is 14.3. The highest BCUT2D eigenvalue weighted by Gasteiger charge is 2.58. The van der Waals surface area contributed by atoms with Crippen LogP contribution in [0.5, 0.6) is 0 Å². The lowest BCUT2D eigenvalue weighted by molar-refractivity contribution is -0.221. The lowest BCUT2D eigenvalue weighted by Crippen LogP contribution is -2.40. The Morgan fingerprint density at radius 1 is 0.926 bits per heavy atom. The van der Waals surface area contributed by atoms with Gasteiger partial charge in [0.15, 0.2) is 11.9 Å². The van der Waals surface area contributed by atoms with Crippen LogP contribution < -0.4 is 0 Å². The molecular weight excluding hydrogens is 406 g/mol. The van der Waals surface area contributed by atoms with Crippen LogP contribution in [-0.4, -0.2) is 28.3 Å². The maximum absolute atomic E-state index is 14.3. The molecule has 0 spiro atoms. The van der Waals surface area contributed by atoms with Gasteiger partial charge in [0, 0.05) is 5.56 Å². The van der Waals surface area contributed by atoms with Crippen LogP contribution >= 0.6 is 0 Å². The fourth-order valence-corrected chi connectivity index (χ4v) is 3.11. The van der Waals surface area contributed by atoms with E-state index in [-0.39, 0.29) is 6.92 Å². The molecule has 152 valence electrons. The van der Waals surface area contributed by atoms with Crippen LogP contribution in [0.15, 0.2) is 0 Å². The molecule has 1 aliphatic carbocycles. The first kappa shape index (κ1) is 21.4. The molecule has 1 aromatic carbocycles. The zero-order valence-electron chi connectivity index (χ0n) is 12.8. The van der Waals surface area contributed by atoms with E-state index in [4.69, 9.17) is 5.11 Å². The molecule has 13 heteroatoms. The van der Waals surface area contributed by atoms with Crippen molar-refractivity contribution < 1.29 is 58.9 Å². The second kappa shape index (κ2) is 6.06. The number of benzene rings is 1. The molecule has 0 aliphatic heterocycles. The van der Waals surface area contributed by atoms with Crippen LogP contribution in [0.4, 0.5) is 43.9 Å². The highest BCUT2D eigenvalue weighted by molar-refractivity contribution is 6.04. The summed E-state index contributed by atoms with van der Waals surface area (Å²) in [5.41, 5.74) is -10.2. The Balaban J connectivity index is 2.92. The Labute approximate surface area is 143 Å². The van der Waals surface area contributed by atoms with Crippen molar-refractivity contribution in [2.24, 2.45) is 5.92 Å². The summed E-state index contributed by atoms with van der Waals surface area (Å²) >= 11 is 0. The molecule has 0 amide bonds. The molecule has 0 aromatic heterocycles. The molecule has 1 aliphatic rings. The number of carbonyl (C=O) groups excluding carboxylic acids is 1. The number of aliphatic hydroxyl groups excluding tert-OH is 2. The normalized spacial score (nSPS) is 22.2. The lowest BCUT2D eigenvalue weighted by Gasteiger charge is -2.24. The smallest absolute Gasteiger partial charge is 0.387 e. The van der Waals surface area contributed by atoms with Gasteiger partial charge in [-0.1, -0.05) is 0 Å². The van der Waals surface area contributed by atoms with Gasteiger partial charge in [-0.25, -0.2) is 4.39 Å². The monoisotopic (exact) mass is 414 g/mol. The highest BCUT2D eigenvalue weighted by Crippen LogP contribution is 2.52. The number of fused-ring (bicyclic) bond motifs is 1. The first-order valence-electron chi connectivity index (χ1n) is 6.89. The van der Waals surface area contributed by atoms with Gasteiger partial charge in [0.2, 0.25) is 0 Å². The third-order valence-corrected chi connectivity index (χ3v) is 4.16. The van der Waals surface area contributed by atoms with Crippen molar-refractivity contribution in [2.75, 3.05) is 0 Å². The molecule has 27 heavy (non-hydrogen) atoms. The number of halogens is 10. The van der Waals surface area contributed by atoms with Gasteiger partial charge >= 0.3 is 18.5 Å². The van der Waals surface area contributed by atoms with Crippen molar-refractivity contribution >= 4 is 5.78 Å². The second-order valence-electron chi connectivity index (χ2n) is 5.79. The Bertz CT molecular complexity index is 791.